The molecule has 3 heterocycles. The van der Waals surface area contributed by atoms with Crippen LogP contribution in [0.15, 0.2) is 48.7 Å². The average Bonchev–Trinajstić information content (AvgIpc) is 2.76. The third-order valence-electron chi connectivity index (χ3n) is 5.84. The summed E-state index contributed by atoms with van der Waals surface area (Å²) in [7, 11) is 0. The van der Waals surface area contributed by atoms with Crippen LogP contribution >= 0.6 is 0 Å². The van der Waals surface area contributed by atoms with Crippen LogP contribution in [0.1, 0.15) is 34.5 Å². The Labute approximate surface area is 167 Å². The molecular formula is C23H29N3O2. The lowest BCUT2D eigenvalue weighted by atomic mass is 9.90. The normalized spacial score (nSPS) is 18.9. The molecule has 1 aromatic carbocycles. The molecule has 28 heavy (non-hydrogen) atoms. The molecule has 0 N–H and O–H groups in total. The molecule has 5 nitrogen and oxygen atoms in total. The first-order chi connectivity index (χ1) is 13.8. The maximum absolute atomic E-state index is 12.5. The number of morpholine rings is 1. The van der Waals surface area contributed by atoms with Gasteiger partial charge in [0.1, 0.15) is 5.69 Å². The van der Waals surface area contributed by atoms with E-state index in [2.05, 4.69) is 34.1 Å². The summed E-state index contributed by atoms with van der Waals surface area (Å²) < 4.78 is 5.42. The monoisotopic (exact) mass is 379 g/mol. The summed E-state index contributed by atoms with van der Waals surface area (Å²) in [4.78, 5) is 21.1. The van der Waals surface area contributed by atoms with E-state index in [1.54, 1.807) is 12.3 Å². The van der Waals surface area contributed by atoms with E-state index in [-0.39, 0.29) is 5.91 Å². The highest BCUT2D eigenvalue weighted by Crippen LogP contribution is 2.23. The highest BCUT2D eigenvalue weighted by Gasteiger charge is 2.24. The maximum Gasteiger partial charge on any atom is 0.272 e. The predicted octanol–water partition coefficient (Wildman–Crippen LogP) is 3.01. The number of hydrogen-bond acceptors (Lipinski definition) is 4. The van der Waals surface area contributed by atoms with Gasteiger partial charge >= 0.3 is 0 Å². The smallest absolute Gasteiger partial charge is 0.272 e. The molecule has 0 atom stereocenters. The van der Waals surface area contributed by atoms with Crippen LogP contribution < -0.4 is 0 Å². The third kappa shape index (κ3) is 4.97. The largest absolute Gasteiger partial charge is 0.379 e. The lowest BCUT2D eigenvalue weighted by Gasteiger charge is -2.32. The fourth-order valence-electron chi connectivity index (χ4n) is 4.12. The number of rotatable bonds is 5. The zero-order chi connectivity index (χ0) is 19.2. The van der Waals surface area contributed by atoms with Gasteiger partial charge in [-0.1, -0.05) is 30.3 Å². The van der Waals surface area contributed by atoms with E-state index in [0.29, 0.717) is 11.6 Å². The summed E-state index contributed by atoms with van der Waals surface area (Å²) in [5.74, 6) is 0.712. The van der Waals surface area contributed by atoms with E-state index in [4.69, 9.17) is 4.74 Å². The van der Waals surface area contributed by atoms with E-state index < -0.39 is 0 Å². The van der Waals surface area contributed by atoms with Crippen molar-refractivity contribution in [1.29, 1.82) is 0 Å². The van der Waals surface area contributed by atoms with E-state index in [0.717, 1.165) is 65.2 Å². The standard InChI is InChI=1S/C23H29N3O2/c27-23(22-3-1-2-10-24-22)26-11-8-20(9-12-26)17-19-4-6-21(7-5-19)18-25-13-15-28-16-14-25/h1-7,10,20H,8-9,11-18H2. The second-order valence-electron chi connectivity index (χ2n) is 7.86. The van der Waals surface area contributed by atoms with Crippen LogP contribution in [0.2, 0.25) is 0 Å². The summed E-state index contributed by atoms with van der Waals surface area (Å²) in [6.07, 6.45) is 4.91. The van der Waals surface area contributed by atoms with Gasteiger partial charge in [-0.25, -0.2) is 0 Å². The molecule has 148 valence electrons. The number of likely N-dealkylation sites (tertiary alicyclic amines) is 1. The zero-order valence-electron chi connectivity index (χ0n) is 16.4. The number of benzene rings is 1. The van der Waals surface area contributed by atoms with Gasteiger partial charge in [0.2, 0.25) is 0 Å². The van der Waals surface area contributed by atoms with Crippen LogP contribution in [0, 0.1) is 5.92 Å². The number of aromatic nitrogens is 1. The molecule has 5 heteroatoms. The predicted molar refractivity (Wildman–Crippen MR) is 109 cm³/mol. The molecule has 2 aliphatic rings. The van der Waals surface area contributed by atoms with Crippen molar-refractivity contribution in [1.82, 2.24) is 14.8 Å². The van der Waals surface area contributed by atoms with Crippen molar-refractivity contribution in [2.75, 3.05) is 39.4 Å². The second kappa shape index (κ2) is 9.30. The molecule has 1 aromatic heterocycles. The van der Waals surface area contributed by atoms with Crippen molar-refractivity contribution < 1.29 is 9.53 Å². The van der Waals surface area contributed by atoms with Gasteiger partial charge in [-0.2, -0.15) is 0 Å². The van der Waals surface area contributed by atoms with Gasteiger partial charge in [0.15, 0.2) is 0 Å². The van der Waals surface area contributed by atoms with Crippen LogP contribution in [0.3, 0.4) is 0 Å². The number of pyridine rings is 1. The Balaban J connectivity index is 1.25. The molecule has 2 fully saturated rings. The van der Waals surface area contributed by atoms with Gasteiger partial charge in [-0.05, 0) is 48.4 Å². The molecule has 4 rings (SSSR count). The van der Waals surface area contributed by atoms with Crippen LogP contribution in [0.4, 0.5) is 0 Å². The molecule has 0 bridgehead atoms. The number of carbonyl (C=O) groups is 1. The number of hydrogen-bond donors (Lipinski definition) is 0. The first kappa shape index (κ1) is 19.1. The lowest BCUT2D eigenvalue weighted by molar-refractivity contribution is 0.0342. The number of amides is 1. The van der Waals surface area contributed by atoms with Crippen molar-refractivity contribution in [3.63, 3.8) is 0 Å². The van der Waals surface area contributed by atoms with Crippen molar-refractivity contribution in [3.05, 3.63) is 65.5 Å². The molecule has 2 saturated heterocycles. The van der Waals surface area contributed by atoms with Gasteiger partial charge < -0.3 is 9.64 Å². The van der Waals surface area contributed by atoms with Gasteiger partial charge in [-0.15, -0.1) is 0 Å². The van der Waals surface area contributed by atoms with Gasteiger partial charge in [-0.3, -0.25) is 14.7 Å². The zero-order valence-corrected chi connectivity index (χ0v) is 16.4. The van der Waals surface area contributed by atoms with Crippen LogP contribution in [0.25, 0.3) is 0 Å². The van der Waals surface area contributed by atoms with E-state index in [9.17, 15) is 4.79 Å². The molecule has 2 aliphatic heterocycles. The molecule has 0 unspecified atom stereocenters. The molecule has 0 spiro atoms. The Morgan fingerprint density at radius 2 is 1.68 bits per heavy atom. The first-order valence-corrected chi connectivity index (χ1v) is 10.4. The molecule has 0 radical (unpaired) electrons. The van der Waals surface area contributed by atoms with E-state index >= 15 is 0 Å². The minimum Gasteiger partial charge on any atom is -0.379 e. The molecule has 0 aliphatic carbocycles. The highest BCUT2D eigenvalue weighted by atomic mass is 16.5. The summed E-state index contributed by atoms with van der Waals surface area (Å²) in [5.41, 5.74) is 3.33. The summed E-state index contributed by atoms with van der Waals surface area (Å²) >= 11 is 0. The van der Waals surface area contributed by atoms with E-state index in [1.165, 1.54) is 11.1 Å². The Morgan fingerprint density at radius 1 is 0.964 bits per heavy atom. The van der Waals surface area contributed by atoms with Crippen molar-refractivity contribution in [2.45, 2.75) is 25.8 Å². The third-order valence-corrected chi connectivity index (χ3v) is 5.84. The lowest BCUT2D eigenvalue weighted by Crippen LogP contribution is -2.39. The number of ether oxygens (including phenoxy) is 1. The maximum atomic E-state index is 12.5. The molecule has 2 aromatic rings. The van der Waals surface area contributed by atoms with Crippen molar-refractivity contribution in [3.8, 4) is 0 Å². The Bertz CT molecular complexity index is 749. The Hall–Kier alpha value is -2.24. The second-order valence-corrected chi connectivity index (χ2v) is 7.86. The fraction of sp³-hybridized carbons (Fsp3) is 0.478. The van der Waals surface area contributed by atoms with Gasteiger partial charge in [0, 0.05) is 38.9 Å². The summed E-state index contributed by atoms with van der Waals surface area (Å²) in [6, 6.07) is 14.6. The summed E-state index contributed by atoms with van der Waals surface area (Å²) in [6.45, 7) is 6.41. The van der Waals surface area contributed by atoms with Gasteiger partial charge in [0.25, 0.3) is 5.91 Å². The fourth-order valence-corrected chi connectivity index (χ4v) is 4.12. The van der Waals surface area contributed by atoms with Crippen LogP contribution in [-0.2, 0) is 17.7 Å². The number of piperidine rings is 1. The van der Waals surface area contributed by atoms with Crippen LogP contribution in [0.5, 0.6) is 0 Å². The minimum atomic E-state index is 0.0616. The highest BCUT2D eigenvalue weighted by molar-refractivity contribution is 5.92. The van der Waals surface area contributed by atoms with Crippen LogP contribution in [-0.4, -0.2) is 60.1 Å². The molecular weight excluding hydrogens is 350 g/mol. The SMILES string of the molecule is O=C(c1ccccn1)N1CCC(Cc2ccc(CN3CCOCC3)cc2)CC1. The van der Waals surface area contributed by atoms with Crippen molar-refractivity contribution >= 4 is 5.91 Å². The Kier molecular flexibility index (Phi) is 6.34. The van der Waals surface area contributed by atoms with E-state index in [1.807, 2.05) is 17.0 Å². The molecule has 1 amide bonds. The number of nitrogens with zero attached hydrogens (tertiary/aromatic N) is 3. The Morgan fingerprint density at radius 3 is 2.36 bits per heavy atom. The first-order valence-electron chi connectivity index (χ1n) is 10.4. The molecule has 0 saturated carbocycles. The quantitative estimate of drug-likeness (QED) is 0.801. The average molecular weight is 380 g/mol. The van der Waals surface area contributed by atoms with Crippen molar-refractivity contribution in [2.24, 2.45) is 5.92 Å². The van der Waals surface area contributed by atoms with Gasteiger partial charge in [0.05, 0.1) is 13.2 Å². The minimum absolute atomic E-state index is 0.0616. The topological polar surface area (TPSA) is 45.7 Å². The summed E-state index contributed by atoms with van der Waals surface area (Å²) in [5, 5.41) is 0. The number of carbonyl (C=O) groups excluding carboxylic acids is 1.